The van der Waals surface area contributed by atoms with E-state index >= 15 is 0 Å². The molecule has 2 amide bonds. The van der Waals surface area contributed by atoms with Crippen LogP contribution in [-0.4, -0.2) is 27.0 Å². The maximum absolute atomic E-state index is 13.0. The monoisotopic (exact) mass is 428 g/mol. The molecule has 0 spiro atoms. The molecule has 0 saturated heterocycles. The van der Waals surface area contributed by atoms with Gasteiger partial charge < -0.3 is 15.6 Å². The molecule has 3 N–H and O–H groups in total. The Morgan fingerprint density at radius 2 is 1.84 bits per heavy atom. The molecule has 2 heterocycles. The number of nitrogens with zero attached hydrogens (tertiary/aromatic N) is 1. The molecule has 0 bridgehead atoms. The predicted octanol–water partition coefficient (Wildman–Crippen LogP) is 4.27. The number of para-hydroxylation sites is 1. The number of aromatic nitrogens is 2. The van der Waals surface area contributed by atoms with E-state index in [9.17, 15) is 9.59 Å². The number of hydrogen-bond donors (Lipinski definition) is 3. The second-order valence-corrected chi connectivity index (χ2v) is 8.63. The topological polar surface area (TPSA) is 86.9 Å². The number of anilines is 1. The summed E-state index contributed by atoms with van der Waals surface area (Å²) in [6.45, 7) is 0. The number of thioether (sulfide) groups is 1. The first-order valence-electron chi connectivity index (χ1n) is 10.0. The molecule has 0 saturated carbocycles. The lowest BCUT2D eigenvalue weighted by Crippen LogP contribution is -2.36. The van der Waals surface area contributed by atoms with Crippen molar-refractivity contribution >= 4 is 40.3 Å². The van der Waals surface area contributed by atoms with E-state index in [1.165, 1.54) is 11.8 Å². The van der Waals surface area contributed by atoms with Gasteiger partial charge in [-0.2, -0.15) is 0 Å². The summed E-state index contributed by atoms with van der Waals surface area (Å²) in [5.74, 6) is -0.320. The molecule has 1 aromatic heterocycles. The fourth-order valence-corrected chi connectivity index (χ4v) is 4.86. The number of nitrogens with one attached hydrogen (secondary N) is 3. The Kier molecular flexibility index (Phi) is 5.18. The molecule has 2 atom stereocenters. The minimum absolute atomic E-state index is 0.0977. The third kappa shape index (κ3) is 4.04. The fraction of sp³-hybridized carbons (Fsp3) is 0.125. The van der Waals surface area contributed by atoms with Crippen molar-refractivity contribution in [2.24, 2.45) is 0 Å². The van der Waals surface area contributed by atoms with Gasteiger partial charge in [-0.05, 0) is 35.4 Å². The summed E-state index contributed by atoms with van der Waals surface area (Å²) < 4.78 is 0. The van der Waals surface area contributed by atoms with Crippen molar-refractivity contribution in [1.29, 1.82) is 0 Å². The third-order valence-electron chi connectivity index (χ3n) is 5.29. The first-order chi connectivity index (χ1) is 15.2. The number of H-pyrrole nitrogens is 1. The highest BCUT2D eigenvalue weighted by Crippen LogP contribution is 2.36. The maximum Gasteiger partial charge on any atom is 0.238 e. The number of rotatable bonds is 5. The van der Waals surface area contributed by atoms with Crippen LogP contribution in [0.25, 0.3) is 11.0 Å². The first kappa shape index (κ1) is 19.4. The van der Waals surface area contributed by atoms with Crippen LogP contribution in [0.4, 0.5) is 5.69 Å². The average molecular weight is 429 g/mol. The van der Waals surface area contributed by atoms with Crippen LogP contribution >= 0.6 is 11.8 Å². The number of fused-ring (bicyclic) bond motifs is 2. The summed E-state index contributed by atoms with van der Waals surface area (Å²) in [6.07, 6.45) is 1.75. The van der Waals surface area contributed by atoms with Crippen molar-refractivity contribution in [2.45, 2.75) is 22.6 Å². The average Bonchev–Trinajstić information content (AvgIpc) is 3.26. The lowest BCUT2D eigenvalue weighted by molar-refractivity contribution is -0.124. The third-order valence-corrected chi connectivity index (χ3v) is 6.57. The number of imidazole rings is 1. The van der Waals surface area contributed by atoms with Crippen molar-refractivity contribution in [2.75, 3.05) is 5.32 Å². The van der Waals surface area contributed by atoms with Gasteiger partial charge in [-0.25, -0.2) is 4.98 Å². The Morgan fingerprint density at radius 3 is 2.71 bits per heavy atom. The van der Waals surface area contributed by atoms with Crippen molar-refractivity contribution < 1.29 is 9.59 Å². The molecule has 6 nitrogen and oxygen atoms in total. The lowest BCUT2D eigenvalue weighted by Gasteiger charge is -2.25. The minimum Gasteiger partial charge on any atom is -0.345 e. The van der Waals surface area contributed by atoms with Gasteiger partial charge in [0.25, 0.3) is 0 Å². The van der Waals surface area contributed by atoms with Gasteiger partial charge in [-0.15, -0.1) is 11.8 Å². The smallest absolute Gasteiger partial charge is 0.238 e. The van der Waals surface area contributed by atoms with Gasteiger partial charge in [-0.3, -0.25) is 9.59 Å². The number of carbonyl (C=O) groups excluding carboxylic acids is 2. The van der Waals surface area contributed by atoms with E-state index in [-0.39, 0.29) is 24.3 Å². The Morgan fingerprint density at radius 1 is 1.03 bits per heavy atom. The van der Waals surface area contributed by atoms with Crippen molar-refractivity contribution in [3.8, 4) is 0 Å². The molecule has 0 radical (unpaired) electrons. The molecule has 0 unspecified atom stereocenters. The zero-order valence-corrected chi connectivity index (χ0v) is 17.4. The number of aromatic amines is 1. The van der Waals surface area contributed by atoms with Crippen molar-refractivity contribution in [3.05, 3.63) is 90.3 Å². The van der Waals surface area contributed by atoms with Crippen LogP contribution in [0, 0.1) is 0 Å². The van der Waals surface area contributed by atoms with Gasteiger partial charge in [0.05, 0.1) is 34.3 Å². The Labute approximate surface area is 183 Å². The number of benzene rings is 3. The molecule has 0 aliphatic carbocycles. The second kappa shape index (κ2) is 8.28. The fourth-order valence-electron chi connectivity index (χ4n) is 3.75. The summed E-state index contributed by atoms with van der Waals surface area (Å²) in [5, 5.41) is 5.56. The minimum atomic E-state index is -0.471. The summed E-state index contributed by atoms with van der Waals surface area (Å²) in [7, 11) is 0. The van der Waals surface area contributed by atoms with Crippen LogP contribution in [0.1, 0.15) is 23.6 Å². The lowest BCUT2D eigenvalue weighted by atomic mass is 9.98. The summed E-state index contributed by atoms with van der Waals surface area (Å²) in [5.41, 5.74) is 4.50. The van der Waals surface area contributed by atoms with Crippen LogP contribution in [0.3, 0.4) is 0 Å². The molecule has 154 valence electrons. The van der Waals surface area contributed by atoms with Crippen LogP contribution < -0.4 is 10.6 Å². The van der Waals surface area contributed by atoms with Gasteiger partial charge in [0.15, 0.2) is 0 Å². The van der Waals surface area contributed by atoms with E-state index in [0.717, 1.165) is 32.7 Å². The van der Waals surface area contributed by atoms with E-state index in [0.29, 0.717) is 0 Å². The first-order valence-corrected chi connectivity index (χ1v) is 10.9. The molecule has 1 aliphatic rings. The summed E-state index contributed by atoms with van der Waals surface area (Å²) in [4.78, 5) is 33.9. The number of hydrogen-bond acceptors (Lipinski definition) is 4. The zero-order valence-electron chi connectivity index (χ0n) is 16.5. The molecule has 0 fully saturated rings. The molecule has 31 heavy (non-hydrogen) atoms. The molecule has 7 heteroatoms. The predicted molar refractivity (Wildman–Crippen MR) is 122 cm³/mol. The molecular formula is C24H20N4O2S. The highest BCUT2D eigenvalue weighted by molar-refractivity contribution is 8.01. The molecule has 3 aromatic carbocycles. The quantitative estimate of drug-likeness (QED) is 0.443. The maximum atomic E-state index is 13.0. The molecular weight excluding hydrogens is 408 g/mol. The summed E-state index contributed by atoms with van der Waals surface area (Å²) >= 11 is 1.43. The van der Waals surface area contributed by atoms with Gasteiger partial charge in [0, 0.05) is 11.3 Å². The van der Waals surface area contributed by atoms with Gasteiger partial charge in [-0.1, -0.05) is 48.5 Å². The standard InChI is InChI=1S/C24H20N4O2S/c29-22(13-21-24(30)27-18-8-4-5-9-20(18)31-21)28-23(15-6-2-1-3-7-15)16-10-11-17-19(12-16)26-14-25-17/h1-12,14,21,23H,13H2,(H,25,26)(H,27,30)(H,28,29)/t21-,23-/m0/s1. The van der Waals surface area contributed by atoms with Crippen LogP contribution in [0.2, 0.25) is 0 Å². The largest absolute Gasteiger partial charge is 0.345 e. The van der Waals surface area contributed by atoms with E-state index in [1.54, 1.807) is 6.33 Å². The Bertz CT molecular complexity index is 1250. The van der Waals surface area contributed by atoms with Crippen molar-refractivity contribution in [1.82, 2.24) is 15.3 Å². The van der Waals surface area contributed by atoms with Crippen LogP contribution in [-0.2, 0) is 9.59 Å². The van der Waals surface area contributed by atoms with Crippen LogP contribution in [0.15, 0.2) is 84.0 Å². The van der Waals surface area contributed by atoms with Gasteiger partial charge in [0.2, 0.25) is 11.8 Å². The zero-order chi connectivity index (χ0) is 21.2. The second-order valence-electron chi connectivity index (χ2n) is 7.39. The van der Waals surface area contributed by atoms with Crippen molar-refractivity contribution in [3.63, 3.8) is 0 Å². The van der Waals surface area contributed by atoms with E-state index < -0.39 is 5.25 Å². The van der Waals surface area contributed by atoms with E-state index in [4.69, 9.17) is 0 Å². The molecule has 5 rings (SSSR count). The SMILES string of the molecule is O=C(C[C@@H]1Sc2ccccc2NC1=O)N[C@@H](c1ccccc1)c1ccc2nc[nH]c2c1. The van der Waals surface area contributed by atoms with Gasteiger partial charge in [0.1, 0.15) is 0 Å². The van der Waals surface area contributed by atoms with E-state index in [2.05, 4.69) is 20.6 Å². The summed E-state index contributed by atoms with van der Waals surface area (Å²) in [6, 6.07) is 23.0. The normalized spacial score (nSPS) is 16.4. The van der Waals surface area contributed by atoms with Crippen LogP contribution in [0.5, 0.6) is 0 Å². The number of amides is 2. The van der Waals surface area contributed by atoms with E-state index in [1.807, 2.05) is 72.8 Å². The molecule has 1 aliphatic heterocycles. The molecule has 4 aromatic rings. The van der Waals surface area contributed by atoms with Gasteiger partial charge >= 0.3 is 0 Å². The number of carbonyl (C=O) groups is 2. The Balaban J connectivity index is 1.38. The Hall–Kier alpha value is -3.58. The highest BCUT2D eigenvalue weighted by atomic mass is 32.2. The highest BCUT2D eigenvalue weighted by Gasteiger charge is 2.29.